The zero-order chi connectivity index (χ0) is 23.3. The Kier molecular flexibility index (Phi) is 10.5. The van der Waals surface area contributed by atoms with Crippen molar-refractivity contribution in [1.29, 1.82) is 0 Å². The van der Waals surface area contributed by atoms with E-state index < -0.39 is 34.5 Å². The standard InChI is InChI=1S/C21H24ClF2N3O4S.ClH/c1-31-21(28)15-2-3-16(19(24)11-15)12-27(32(29)30)13-20(26-8-6-25-7-9-26)14-4-5-18(23)17(22)10-14;/h2-5,10-11,20,25,32H,6-9,12-13H2,1H3;1H. The summed E-state index contributed by atoms with van der Waals surface area (Å²) in [6.45, 7) is 2.57. The molecule has 7 nitrogen and oxygen atoms in total. The predicted molar refractivity (Wildman–Crippen MR) is 124 cm³/mol. The first-order valence-electron chi connectivity index (χ1n) is 9.96. The van der Waals surface area contributed by atoms with Gasteiger partial charge >= 0.3 is 5.97 Å². The summed E-state index contributed by atoms with van der Waals surface area (Å²) < 4.78 is 58.1. The second-order valence-electron chi connectivity index (χ2n) is 7.36. The van der Waals surface area contributed by atoms with Crippen LogP contribution in [0, 0.1) is 11.6 Å². The third-order valence-electron chi connectivity index (χ3n) is 5.36. The fourth-order valence-electron chi connectivity index (χ4n) is 3.65. The molecule has 1 saturated heterocycles. The van der Waals surface area contributed by atoms with Gasteiger partial charge in [-0.15, -0.1) is 12.4 Å². The average Bonchev–Trinajstić information content (AvgIpc) is 2.79. The number of piperazine rings is 1. The van der Waals surface area contributed by atoms with Gasteiger partial charge in [0.15, 0.2) is 0 Å². The van der Waals surface area contributed by atoms with Crippen LogP contribution in [0.1, 0.15) is 27.5 Å². The van der Waals surface area contributed by atoms with Gasteiger partial charge in [0.1, 0.15) is 11.6 Å². The Bertz CT molecular complexity index is 1040. The van der Waals surface area contributed by atoms with Crippen molar-refractivity contribution in [2.45, 2.75) is 12.6 Å². The monoisotopic (exact) mass is 523 g/mol. The summed E-state index contributed by atoms with van der Waals surface area (Å²) in [4.78, 5) is 13.7. The molecule has 3 rings (SSSR count). The Morgan fingerprint density at radius 3 is 2.45 bits per heavy atom. The predicted octanol–water partition coefficient (Wildman–Crippen LogP) is 2.80. The van der Waals surface area contributed by atoms with Crippen molar-refractivity contribution in [3.63, 3.8) is 0 Å². The van der Waals surface area contributed by atoms with Crippen LogP contribution in [-0.4, -0.2) is 63.4 Å². The van der Waals surface area contributed by atoms with Gasteiger partial charge < -0.3 is 10.1 Å². The molecule has 0 spiro atoms. The minimum Gasteiger partial charge on any atom is -0.465 e. The number of nitrogens with zero attached hydrogens (tertiary/aromatic N) is 2. The number of nitrogens with one attached hydrogen (secondary N) is 1. The fraction of sp³-hybridized carbons (Fsp3) is 0.381. The quantitative estimate of drug-likeness (QED) is 0.409. The molecule has 0 aliphatic carbocycles. The van der Waals surface area contributed by atoms with E-state index in [1.54, 1.807) is 6.07 Å². The molecule has 0 bridgehead atoms. The van der Waals surface area contributed by atoms with Crippen LogP contribution in [0.5, 0.6) is 0 Å². The van der Waals surface area contributed by atoms with Crippen LogP contribution in [0.2, 0.25) is 5.02 Å². The van der Waals surface area contributed by atoms with E-state index in [9.17, 15) is 22.0 Å². The lowest BCUT2D eigenvalue weighted by Gasteiger charge is -2.37. The molecule has 0 radical (unpaired) electrons. The smallest absolute Gasteiger partial charge is 0.337 e. The SMILES string of the molecule is COC(=O)c1ccc(CN(CC(c2ccc(F)c(Cl)c2)N2CCNCC2)[SH](=O)=O)c(F)c1.Cl. The summed E-state index contributed by atoms with van der Waals surface area (Å²) in [6.07, 6.45) is 0. The van der Waals surface area contributed by atoms with Crippen molar-refractivity contribution in [3.8, 4) is 0 Å². The van der Waals surface area contributed by atoms with Gasteiger partial charge in [-0.25, -0.2) is 22.0 Å². The molecule has 1 aliphatic heterocycles. The molecule has 1 fully saturated rings. The Balaban J connectivity index is 0.00000385. The van der Waals surface area contributed by atoms with Crippen LogP contribution in [0.4, 0.5) is 8.78 Å². The summed E-state index contributed by atoms with van der Waals surface area (Å²) in [5.41, 5.74) is 0.821. The Morgan fingerprint density at radius 2 is 1.88 bits per heavy atom. The summed E-state index contributed by atoms with van der Waals surface area (Å²) >= 11 is 5.97. The molecule has 0 saturated carbocycles. The van der Waals surface area contributed by atoms with E-state index in [-0.39, 0.29) is 41.6 Å². The lowest BCUT2D eigenvalue weighted by molar-refractivity contribution is 0.0600. The summed E-state index contributed by atoms with van der Waals surface area (Å²) in [7, 11) is -1.86. The number of benzene rings is 2. The van der Waals surface area contributed by atoms with Gasteiger partial charge in [0, 0.05) is 50.9 Å². The topological polar surface area (TPSA) is 79.0 Å². The first kappa shape index (κ1) is 27.4. The highest BCUT2D eigenvalue weighted by atomic mass is 35.5. The molecule has 1 unspecified atom stereocenters. The Morgan fingerprint density at radius 1 is 1.18 bits per heavy atom. The molecule has 0 aromatic heterocycles. The summed E-state index contributed by atoms with van der Waals surface area (Å²) in [5, 5.41) is 3.19. The van der Waals surface area contributed by atoms with E-state index in [2.05, 4.69) is 15.0 Å². The van der Waals surface area contributed by atoms with Gasteiger partial charge in [-0.2, -0.15) is 4.31 Å². The maximum Gasteiger partial charge on any atom is 0.337 e. The lowest BCUT2D eigenvalue weighted by Crippen LogP contribution is -2.47. The van der Waals surface area contributed by atoms with Crippen molar-refractivity contribution >= 4 is 40.9 Å². The summed E-state index contributed by atoms with van der Waals surface area (Å²) in [5.74, 6) is -1.96. The van der Waals surface area contributed by atoms with Gasteiger partial charge in [-0.3, -0.25) is 4.90 Å². The van der Waals surface area contributed by atoms with Crippen LogP contribution in [-0.2, 0) is 22.2 Å². The molecule has 2 aromatic rings. The van der Waals surface area contributed by atoms with Gasteiger partial charge in [0.25, 0.3) is 0 Å². The first-order chi connectivity index (χ1) is 15.3. The Hall–Kier alpha value is -1.82. The number of esters is 1. The van der Waals surface area contributed by atoms with Crippen molar-refractivity contribution in [3.05, 3.63) is 69.7 Å². The van der Waals surface area contributed by atoms with Crippen molar-refractivity contribution < 1.29 is 26.7 Å². The van der Waals surface area contributed by atoms with E-state index in [4.69, 9.17) is 11.6 Å². The molecule has 182 valence electrons. The molecular weight excluding hydrogens is 499 g/mol. The number of methoxy groups -OCH3 is 1. The van der Waals surface area contributed by atoms with Gasteiger partial charge in [0.05, 0.1) is 17.7 Å². The highest BCUT2D eigenvalue weighted by molar-refractivity contribution is 7.69. The second-order valence-corrected chi connectivity index (χ2v) is 8.81. The van der Waals surface area contributed by atoms with Gasteiger partial charge in [-0.05, 0) is 29.8 Å². The third-order valence-corrected chi connectivity index (χ3v) is 6.42. The van der Waals surface area contributed by atoms with E-state index in [0.717, 1.165) is 23.5 Å². The van der Waals surface area contributed by atoms with Crippen LogP contribution in [0.3, 0.4) is 0 Å². The largest absolute Gasteiger partial charge is 0.465 e. The highest BCUT2D eigenvalue weighted by Gasteiger charge is 2.27. The molecule has 12 heteroatoms. The zero-order valence-electron chi connectivity index (χ0n) is 17.8. The minimum atomic E-state index is -3.06. The molecule has 1 atom stereocenters. The molecule has 0 amide bonds. The van der Waals surface area contributed by atoms with Gasteiger partial charge in [-0.1, -0.05) is 23.7 Å². The average molecular weight is 524 g/mol. The highest BCUT2D eigenvalue weighted by Crippen LogP contribution is 2.27. The van der Waals surface area contributed by atoms with Crippen molar-refractivity contribution in [1.82, 2.24) is 14.5 Å². The summed E-state index contributed by atoms with van der Waals surface area (Å²) in [6, 6.07) is 7.68. The molecule has 1 aliphatic rings. The van der Waals surface area contributed by atoms with Crippen LogP contribution in [0.15, 0.2) is 36.4 Å². The fourth-order valence-corrected chi connectivity index (χ4v) is 4.40. The first-order valence-corrected chi connectivity index (χ1v) is 11.5. The number of hydrogen-bond acceptors (Lipinski definition) is 6. The number of thiol groups is 1. The second kappa shape index (κ2) is 12.6. The van der Waals surface area contributed by atoms with Crippen molar-refractivity contribution in [2.24, 2.45) is 0 Å². The lowest BCUT2D eigenvalue weighted by atomic mass is 10.0. The van der Waals surface area contributed by atoms with Crippen LogP contribution >= 0.6 is 24.0 Å². The number of halogens is 4. The Labute approximate surface area is 204 Å². The molecule has 1 N–H and O–H groups in total. The van der Waals surface area contributed by atoms with E-state index in [1.165, 1.54) is 31.4 Å². The number of rotatable bonds is 8. The van der Waals surface area contributed by atoms with E-state index in [1.807, 2.05) is 0 Å². The molecule has 33 heavy (non-hydrogen) atoms. The number of carbonyl (C=O) groups excluding carboxylic acids is 1. The number of hydrogen-bond donors (Lipinski definition) is 2. The molecule has 1 heterocycles. The number of carbonyl (C=O) groups is 1. The normalized spacial score (nSPS) is 15.3. The van der Waals surface area contributed by atoms with Crippen molar-refractivity contribution in [2.75, 3.05) is 39.8 Å². The van der Waals surface area contributed by atoms with E-state index >= 15 is 0 Å². The third kappa shape index (κ3) is 7.08. The van der Waals surface area contributed by atoms with Crippen LogP contribution < -0.4 is 5.32 Å². The van der Waals surface area contributed by atoms with Crippen LogP contribution in [0.25, 0.3) is 0 Å². The van der Waals surface area contributed by atoms with Gasteiger partial charge in [0.2, 0.25) is 10.9 Å². The number of ether oxygens (including phenoxy) is 1. The molecule has 2 aromatic carbocycles. The zero-order valence-corrected chi connectivity index (χ0v) is 20.3. The van der Waals surface area contributed by atoms with E-state index in [0.29, 0.717) is 18.7 Å². The maximum absolute atomic E-state index is 14.6. The maximum atomic E-state index is 14.6. The molecular formula is C21H25Cl2F2N3O4S. The minimum absolute atomic E-state index is 0.